The Morgan fingerprint density at radius 2 is 1.89 bits per heavy atom. The van der Waals surface area contributed by atoms with Crippen LogP contribution >= 0.6 is 11.6 Å². The second kappa shape index (κ2) is 9.26. The molecule has 15 heteroatoms. The molecule has 10 nitrogen and oxygen atoms in total. The largest absolute Gasteiger partial charge is 0.435 e. The molecule has 3 aromatic rings. The molecule has 0 bridgehead atoms. The number of anilines is 1. The number of rotatable bonds is 4. The third kappa shape index (κ3) is 4.63. The molecule has 0 unspecified atom stereocenters. The molecule has 3 heterocycles. The molecular weight excluding hydrogens is 512 g/mol. The molecule has 0 N–H and O–H groups in total. The Morgan fingerprint density at radius 1 is 1.17 bits per heavy atom. The van der Waals surface area contributed by atoms with Crippen LogP contribution in [0.15, 0.2) is 35.4 Å². The molecule has 190 valence electrons. The van der Waals surface area contributed by atoms with Gasteiger partial charge in [-0.3, -0.25) is 14.4 Å². The number of carbonyl (C=O) groups excluding carboxylic acids is 2. The van der Waals surface area contributed by atoms with E-state index in [0.29, 0.717) is 10.7 Å². The molecule has 1 aromatic carbocycles. The molecule has 4 rings (SSSR count). The number of imidazole rings is 1. The first-order valence-electron chi connectivity index (χ1n) is 10.3. The van der Waals surface area contributed by atoms with Gasteiger partial charge in [0.15, 0.2) is 0 Å². The van der Waals surface area contributed by atoms with Crippen molar-refractivity contribution in [1.82, 2.24) is 24.4 Å². The van der Waals surface area contributed by atoms with Crippen molar-refractivity contribution in [2.24, 2.45) is 0 Å². The van der Waals surface area contributed by atoms with Crippen molar-refractivity contribution in [1.29, 1.82) is 0 Å². The third-order valence-corrected chi connectivity index (χ3v) is 5.73. The summed E-state index contributed by atoms with van der Waals surface area (Å²) in [5.41, 5.74) is -2.85. The number of ketones is 1. The van der Waals surface area contributed by atoms with E-state index in [2.05, 4.69) is 10.1 Å². The number of halogens is 5. The first-order valence-corrected chi connectivity index (χ1v) is 10.6. The molecule has 36 heavy (non-hydrogen) atoms. The quantitative estimate of drug-likeness (QED) is 0.379. The zero-order valence-corrected chi connectivity index (χ0v) is 19.5. The van der Waals surface area contributed by atoms with Gasteiger partial charge in [0, 0.05) is 32.7 Å². The van der Waals surface area contributed by atoms with Crippen LogP contribution in [0.3, 0.4) is 0 Å². The van der Waals surface area contributed by atoms with E-state index in [9.17, 15) is 31.9 Å². The van der Waals surface area contributed by atoms with Crippen molar-refractivity contribution in [2.75, 3.05) is 25.5 Å². The number of nitrogens with zero attached hydrogens (tertiary/aromatic N) is 6. The first-order chi connectivity index (χ1) is 16.9. The number of aromatic nitrogens is 4. The van der Waals surface area contributed by atoms with Crippen molar-refractivity contribution in [3.8, 4) is 0 Å². The van der Waals surface area contributed by atoms with Gasteiger partial charge in [-0.15, -0.1) is 5.10 Å². The van der Waals surface area contributed by atoms with Gasteiger partial charge in [0.2, 0.25) is 5.78 Å². The van der Waals surface area contributed by atoms with Crippen molar-refractivity contribution in [3.63, 3.8) is 0 Å². The van der Waals surface area contributed by atoms with E-state index in [1.807, 2.05) is 0 Å². The van der Waals surface area contributed by atoms with Crippen LogP contribution in [0.4, 0.5) is 28.0 Å². The summed E-state index contributed by atoms with van der Waals surface area (Å²) in [7, 11) is 2.83. The highest BCUT2D eigenvalue weighted by Gasteiger charge is 2.37. The highest BCUT2D eigenvalue weighted by atomic mass is 35.5. The van der Waals surface area contributed by atoms with E-state index >= 15 is 0 Å². The minimum Gasteiger partial charge on any atom is -0.360 e. The molecule has 0 saturated carbocycles. The average Bonchev–Trinajstić information content (AvgIpc) is 3.24. The summed E-state index contributed by atoms with van der Waals surface area (Å²) in [6.07, 6.45) is -3.42. The lowest BCUT2D eigenvalue weighted by Crippen LogP contribution is -2.40. The topological polar surface area (TPSA) is 103 Å². The van der Waals surface area contributed by atoms with Crippen molar-refractivity contribution < 1.29 is 32.0 Å². The minimum atomic E-state index is -4.93. The summed E-state index contributed by atoms with van der Waals surface area (Å²) >= 11 is 6.19. The fraction of sp³-hybridized carbons (Fsp3) is 0.286. The fourth-order valence-electron chi connectivity index (χ4n) is 3.58. The van der Waals surface area contributed by atoms with Gasteiger partial charge in [-0.05, 0) is 23.0 Å². The van der Waals surface area contributed by atoms with E-state index in [-0.39, 0.29) is 42.1 Å². The summed E-state index contributed by atoms with van der Waals surface area (Å²) < 4.78 is 55.1. The highest BCUT2D eigenvalue weighted by molar-refractivity contribution is 6.33. The van der Waals surface area contributed by atoms with Crippen molar-refractivity contribution >= 4 is 29.2 Å². The maximum atomic E-state index is 13.4. The maximum absolute atomic E-state index is 13.4. The molecule has 0 radical (unpaired) electrons. The monoisotopic (exact) mass is 528 g/mol. The van der Waals surface area contributed by atoms with Crippen LogP contribution in [0.25, 0.3) is 0 Å². The lowest BCUT2D eigenvalue weighted by molar-refractivity contribution is -0.138. The zero-order valence-electron chi connectivity index (χ0n) is 18.7. The van der Waals surface area contributed by atoms with E-state index in [1.54, 1.807) is 4.90 Å². The lowest BCUT2D eigenvalue weighted by Gasteiger charge is -2.30. The molecule has 0 spiro atoms. The Kier molecular flexibility index (Phi) is 6.47. The van der Waals surface area contributed by atoms with Crippen LogP contribution in [0.1, 0.15) is 27.4 Å². The third-order valence-electron chi connectivity index (χ3n) is 5.37. The highest BCUT2D eigenvalue weighted by Crippen LogP contribution is 2.34. The van der Waals surface area contributed by atoms with Crippen molar-refractivity contribution in [2.45, 2.75) is 19.3 Å². The summed E-state index contributed by atoms with van der Waals surface area (Å²) in [4.78, 5) is 49.2. The first kappa shape index (κ1) is 25.2. The van der Waals surface area contributed by atoms with Crippen LogP contribution < -0.4 is 15.3 Å². The Labute approximate surface area is 205 Å². The van der Waals surface area contributed by atoms with Gasteiger partial charge in [0.1, 0.15) is 22.4 Å². The Morgan fingerprint density at radius 3 is 2.56 bits per heavy atom. The van der Waals surface area contributed by atoms with E-state index in [1.165, 1.54) is 24.9 Å². The molecule has 0 atom stereocenters. The van der Waals surface area contributed by atoms with Crippen molar-refractivity contribution in [3.05, 3.63) is 74.4 Å². The SMILES string of the molecule is CN(C)C(=O)On1ncc(N2CCn3c(C(=O)c4ccc(F)cc4C(F)(F)F)cnc3C2)c(Cl)c1=O. The molecule has 0 fully saturated rings. The summed E-state index contributed by atoms with van der Waals surface area (Å²) in [6, 6.07) is 1.85. The number of hydrogen-bond acceptors (Lipinski definition) is 7. The number of benzene rings is 1. The van der Waals surface area contributed by atoms with Crippen LogP contribution in [0.2, 0.25) is 5.02 Å². The second-order valence-electron chi connectivity index (χ2n) is 7.92. The summed E-state index contributed by atoms with van der Waals surface area (Å²) in [6.45, 7) is 0.362. The van der Waals surface area contributed by atoms with Gasteiger partial charge in [0.05, 0.1) is 30.2 Å². The number of fused-ring (bicyclic) bond motifs is 1. The van der Waals surface area contributed by atoms with E-state index in [4.69, 9.17) is 16.4 Å². The van der Waals surface area contributed by atoms with Crippen LogP contribution in [-0.4, -0.2) is 56.9 Å². The van der Waals surface area contributed by atoms with Gasteiger partial charge in [-0.25, -0.2) is 14.2 Å². The molecule has 0 saturated heterocycles. The number of hydrogen-bond donors (Lipinski definition) is 0. The number of carbonyl (C=O) groups is 2. The molecule has 1 amide bonds. The normalized spacial score (nSPS) is 13.4. The number of alkyl halides is 3. The van der Waals surface area contributed by atoms with Gasteiger partial charge >= 0.3 is 17.8 Å². The van der Waals surface area contributed by atoms with Gasteiger partial charge in [-0.1, -0.05) is 11.6 Å². The van der Waals surface area contributed by atoms with Crippen LogP contribution in [0, 0.1) is 5.82 Å². The average molecular weight is 529 g/mol. The van der Waals surface area contributed by atoms with Crippen LogP contribution in [-0.2, 0) is 19.3 Å². The predicted octanol–water partition coefficient (Wildman–Crippen LogP) is 2.61. The predicted molar refractivity (Wildman–Crippen MR) is 117 cm³/mol. The standard InChI is InChI=1S/C21H17ClF4N6O4/c1-29(2)20(35)36-32-19(34)17(22)14(9-28-32)30-5-6-31-15(8-27-16(31)10-30)18(33)12-4-3-11(23)7-13(12)21(24,25)26/h3-4,7-9H,5-6,10H2,1-2H3. The smallest absolute Gasteiger partial charge is 0.360 e. The van der Waals surface area contributed by atoms with E-state index < -0.39 is 40.6 Å². The van der Waals surface area contributed by atoms with Gasteiger partial charge < -0.3 is 14.4 Å². The molecule has 1 aliphatic rings. The van der Waals surface area contributed by atoms with Crippen LogP contribution in [0.5, 0.6) is 0 Å². The Balaban J connectivity index is 1.61. The fourth-order valence-corrected chi connectivity index (χ4v) is 3.83. The molecule has 1 aliphatic heterocycles. The van der Waals surface area contributed by atoms with Gasteiger partial charge in [-0.2, -0.15) is 13.2 Å². The molecular formula is C21H17ClF4N6O4. The summed E-state index contributed by atoms with van der Waals surface area (Å²) in [5.74, 6) is -1.76. The minimum absolute atomic E-state index is 0.0468. The zero-order chi connectivity index (χ0) is 26.4. The van der Waals surface area contributed by atoms with E-state index in [0.717, 1.165) is 23.2 Å². The lowest BCUT2D eigenvalue weighted by atomic mass is 10.0. The Bertz CT molecular complexity index is 1420. The summed E-state index contributed by atoms with van der Waals surface area (Å²) in [5, 5.41) is 3.51. The number of amides is 1. The molecule has 0 aliphatic carbocycles. The maximum Gasteiger partial charge on any atom is 0.435 e. The van der Waals surface area contributed by atoms with Gasteiger partial charge in [0.25, 0.3) is 0 Å². The Hall–Kier alpha value is -3.94. The molecule has 2 aromatic heterocycles. The second-order valence-corrected chi connectivity index (χ2v) is 8.30.